The Kier molecular flexibility index (Phi) is 4.95. The van der Waals surface area contributed by atoms with Gasteiger partial charge in [0.05, 0.1) is 10.6 Å². The fourth-order valence-electron chi connectivity index (χ4n) is 4.40. The number of hydrogen-bond donors (Lipinski definition) is 2. The molecule has 29 heavy (non-hydrogen) atoms. The molecule has 1 spiro atoms. The summed E-state index contributed by atoms with van der Waals surface area (Å²) in [5, 5.41) is 7.81. The average molecular weight is 431 g/mol. The minimum Gasteiger partial charge on any atom is -0.485 e. The van der Waals surface area contributed by atoms with E-state index >= 15 is 0 Å². The van der Waals surface area contributed by atoms with Crippen LogP contribution in [-0.2, 0) is 10.3 Å². The molecule has 2 aromatic rings. The maximum absolute atomic E-state index is 11.5. The quantitative estimate of drug-likeness (QED) is 0.411. The van der Waals surface area contributed by atoms with Crippen molar-refractivity contribution in [2.75, 3.05) is 0 Å². The predicted molar refractivity (Wildman–Crippen MR) is 116 cm³/mol. The van der Waals surface area contributed by atoms with E-state index in [1.54, 1.807) is 6.07 Å². The highest BCUT2D eigenvalue weighted by atomic mass is 35.5. The summed E-state index contributed by atoms with van der Waals surface area (Å²) in [4.78, 5) is 11.5. The largest absolute Gasteiger partial charge is 0.485 e. The summed E-state index contributed by atoms with van der Waals surface area (Å²) >= 11 is 12.0. The summed E-state index contributed by atoms with van der Waals surface area (Å²) in [6, 6.07) is 13.6. The summed E-state index contributed by atoms with van der Waals surface area (Å²) in [6.07, 6.45) is 1.29. The molecule has 0 bridgehead atoms. The average Bonchev–Trinajstić information content (AvgIpc) is 2.61. The Hall–Kier alpha value is -2.31. The van der Waals surface area contributed by atoms with Crippen molar-refractivity contribution in [1.29, 1.82) is 0 Å². The van der Waals surface area contributed by atoms with Crippen molar-refractivity contribution in [3.05, 3.63) is 58.6 Å². The van der Waals surface area contributed by atoms with Crippen LogP contribution in [0.4, 0.5) is 0 Å². The summed E-state index contributed by atoms with van der Waals surface area (Å²) in [5.41, 5.74) is 1.32. The maximum atomic E-state index is 11.5. The number of nitrogens with one attached hydrogen (secondary N) is 2. The molecule has 2 aliphatic rings. The molecule has 2 aliphatic heterocycles. The number of thiocarbonyl (C=S) groups is 1. The Bertz CT molecular complexity index is 980. The van der Waals surface area contributed by atoms with Crippen LogP contribution in [0.2, 0.25) is 5.02 Å². The second kappa shape index (κ2) is 7.18. The van der Waals surface area contributed by atoms with E-state index in [-0.39, 0.29) is 17.4 Å². The van der Waals surface area contributed by atoms with Crippen LogP contribution < -0.4 is 20.1 Å². The smallest absolute Gasteiger partial charge is 0.308 e. The lowest BCUT2D eigenvalue weighted by atomic mass is 9.72. The highest BCUT2D eigenvalue weighted by Gasteiger charge is 2.49. The number of ether oxygens (including phenoxy) is 2. The highest BCUT2D eigenvalue weighted by molar-refractivity contribution is 7.80. The van der Waals surface area contributed by atoms with Crippen LogP contribution in [0.1, 0.15) is 50.8 Å². The van der Waals surface area contributed by atoms with Crippen molar-refractivity contribution in [3.8, 4) is 11.5 Å². The number of carbonyl (C=O) groups is 1. The van der Waals surface area contributed by atoms with E-state index in [2.05, 4.69) is 36.6 Å². The summed E-state index contributed by atoms with van der Waals surface area (Å²) in [7, 11) is 0. The van der Waals surface area contributed by atoms with E-state index in [1.807, 2.05) is 24.3 Å². The number of rotatable bonds is 2. The monoisotopic (exact) mass is 430 g/mol. The third-order valence-electron chi connectivity index (χ3n) is 5.33. The fourth-order valence-corrected chi connectivity index (χ4v) is 5.07. The molecular weight excluding hydrogens is 408 g/mol. The molecule has 1 fully saturated rings. The zero-order chi connectivity index (χ0) is 20.8. The molecule has 0 amide bonds. The first-order valence-electron chi connectivity index (χ1n) is 9.52. The third-order valence-corrected chi connectivity index (χ3v) is 5.83. The fraction of sp³-hybridized carbons (Fsp3) is 0.364. The molecular formula is C22H23ClN2O3S. The van der Waals surface area contributed by atoms with Gasteiger partial charge in [0.1, 0.15) is 11.9 Å². The Balaban J connectivity index is 1.86. The van der Waals surface area contributed by atoms with Gasteiger partial charge in [0.15, 0.2) is 10.9 Å². The molecule has 2 heterocycles. The van der Waals surface area contributed by atoms with Crippen LogP contribution in [0.25, 0.3) is 0 Å². The van der Waals surface area contributed by atoms with Crippen molar-refractivity contribution < 1.29 is 14.3 Å². The predicted octanol–water partition coefficient (Wildman–Crippen LogP) is 4.63. The standard InChI is InChI=1S/C22H23ClN2O3S/c1-13(26)27-18-10-17-15(9-16(18)23)22(12-21(2,3)24-20(29)25-22)11-19(28-17)14-7-5-4-6-8-14/h4-10,19H,11-12H2,1-3H3,(H2,24,25,29)/t19-,22-/m0/s1. The van der Waals surface area contributed by atoms with E-state index < -0.39 is 11.5 Å². The van der Waals surface area contributed by atoms with Crippen molar-refractivity contribution in [2.24, 2.45) is 0 Å². The topological polar surface area (TPSA) is 59.6 Å². The lowest BCUT2D eigenvalue weighted by Crippen LogP contribution is -2.65. The Labute approximate surface area is 180 Å². The number of esters is 1. The molecule has 0 saturated carbocycles. The van der Waals surface area contributed by atoms with E-state index in [0.717, 1.165) is 17.5 Å². The van der Waals surface area contributed by atoms with Gasteiger partial charge in [0.2, 0.25) is 0 Å². The molecule has 0 aromatic heterocycles. The zero-order valence-electron chi connectivity index (χ0n) is 16.5. The molecule has 0 unspecified atom stereocenters. The number of carbonyl (C=O) groups excluding carboxylic acids is 1. The summed E-state index contributed by atoms with van der Waals surface area (Å²) in [5.74, 6) is 0.496. The van der Waals surface area contributed by atoms with Crippen molar-refractivity contribution in [1.82, 2.24) is 10.6 Å². The van der Waals surface area contributed by atoms with Gasteiger partial charge in [-0.25, -0.2) is 0 Å². The van der Waals surface area contributed by atoms with Crippen LogP contribution in [0.15, 0.2) is 42.5 Å². The molecule has 2 aromatic carbocycles. The number of fused-ring (bicyclic) bond motifs is 2. The first kappa shape index (κ1) is 20.0. The minimum atomic E-state index is -0.460. The zero-order valence-corrected chi connectivity index (χ0v) is 18.1. The summed E-state index contributed by atoms with van der Waals surface area (Å²) < 4.78 is 11.7. The SMILES string of the molecule is CC(=O)Oc1cc2c(cc1Cl)[C@]1(C[C@@H](c3ccccc3)O2)CC(C)(C)NC(=S)N1. The van der Waals surface area contributed by atoms with Gasteiger partial charge in [-0.2, -0.15) is 0 Å². The normalized spacial score (nSPS) is 24.7. The molecule has 5 nitrogen and oxygen atoms in total. The van der Waals surface area contributed by atoms with Crippen LogP contribution in [0.5, 0.6) is 11.5 Å². The highest BCUT2D eigenvalue weighted by Crippen LogP contribution is 2.51. The number of halogens is 1. The third kappa shape index (κ3) is 3.91. The molecule has 4 rings (SSSR count). The van der Waals surface area contributed by atoms with Crippen molar-refractivity contribution >= 4 is 34.9 Å². The van der Waals surface area contributed by atoms with Crippen molar-refractivity contribution in [2.45, 2.75) is 50.8 Å². The van der Waals surface area contributed by atoms with Gasteiger partial charge in [-0.05, 0) is 44.1 Å². The van der Waals surface area contributed by atoms with Gasteiger partial charge < -0.3 is 20.1 Å². The molecule has 152 valence electrons. The molecule has 2 N–H and O–H groups in total. The Morgan fingerprint density at radius 1 is 1.24 bits per heavy atom. The molecule has 0 radical (unpaired) electrons. The first-order valence-corrected chi connectivity index (χ1v) is 10.3. The van der Waals surface area contributed by atoms with Gasteiger partial charge >= 0.3 is 5.97 Å². The first-order chi connectivity index (χ1) is 13.7. The van der Waals surface area contributed by atoms with Crippen LogP contribution in [0, 0.1) is 0 Å². The lowest BCUT2D eigenvalue weighted by molar-refractivity contribution is -0.131. The van der Waals surface area contributed by atoms with E-state index in [4.69, 9.17) is 33.3 Å². The number of hydrogen-bond acceptors (Lipinski definition) is 4. The van der Waals surface area contributed by atoms with E-state index in [0.29, 0.717) is 22.3 Å². The van der Waals surface area contributed by atoms with Crippen LogP contribution >= 0.6 is 23.8 Å². The molecule has 0 aliphatic carbocycles. The summed E-state index contributed by atoms with van der Waals surface area (Å²) in [6.45, 7) is 5.60. The minimum absolute atomic E-state index is 0.181. The van der Waals surface area contributed by atoms with Crippen LogP contribution in [-0.4, -0.2) is 16.6 Å². The molecule has 1 saturated heterocycles. The Morgan fingerprint density at radius 2 is 1.97 bits per heavy atom. The second-order valence-corrected chi connectivity index (χ2v) is 9.13. The van der Waals surface area contributed by atoms with Crippen molar-refractivity contribution in [3.63, 3.8) is 0 Å². The van der Waals surface area contributed by atoms with Gasteiger partial charge in [-0.1, -0.05) is 41.9 Å². The molecule has 2 atom stereocenters. The van der Waals surface area contributed by atoms with Crippen LogP contribution in [0.3, 0.4) is 0 Å². The van der Waals surface area contributed by atoms with Gasteiger partial charge in [0.25, 0.3) is 0 Å². The number of benzene rings is 2. The maximum Gasteiger partial charge on any atom is 0.308 e. The molecule has 7 heteroatoms. The van der Waals surface area contributed by atoms with Gasteiger partial charge in [-0.15, -0.1) is 0 Å². The van der Waals surface area contributed by atoms with E-state index in [9.17, 15) is 4.79 Å². The van der Waals surface area contributed by atoms with Gasteiger partial charge in [-0.3, -0.25) is 4.79 Å². The Morgan fingerprint density at radius 3 is 2.62 bits per heavy atom. The second-order valence-electron chi connectivity index (χ2n) is 8.32. The van der Waals surface area contributed by atoms with Gasteiger partial charge in [0, 0.05) is 30.5 Å². The van der Waals surface area contributed by atoms with E-state index in [1.165, 1.54) is 6.92 Å². The lowest BCUT2D eigenvalue weighted by Gasteiger charge is -2.51.